The zero-order chi connectivity index (χ0) is 14.0. The smallest absolute Gasteiger partial charge is 0.399 e. The molecule has 0 saturated carbocycles. The topological polar surface area (TPSA) is 44.2 Å². The lowest BCUT2D eigenvalue weighted by Gasteiger charge is -2.32. The van der Waals surface area contributed by atoms with Gasteiger partial charge in [0, 0.05) is 17.9 Å². The summed E-state index contributed by atoms with van der Waals surface area (Å²) in [5, 5.41) is 0. The van der Waals surface area contributed by atoms with Gasteiger partial charge in [-0.15, -0.1) is 0 Å². The Morgan fingerprint density at radius 1 is 0.944 bits per heavy atom. The number of aromatic nitrogens is 2. The summed E-state index contributed by atoms with van der Waals surface area (Å²) in [7, 11) is -0.370. The third kappa shape index (κ3) is 2.90. The molecule has 1 aromatic rings. The van der Waals surface area contributed by atoms with Gasteiger partial charge >= 0.3 is 7.12 Å². The number of aryl methyl sites for hydroxylation is 1. The van der Waals surface area contributed by atoms with E-state index in [0.29, 0.717) is 0 Å². The maximum atomic E-state index is 5.89. The first-order valence-corrected chi connectivity index (χ1v) is 6.46. The van der Waals surface area contributed by atoms with E-state index in [1.165, 1.54) is 0 Å². The van der Waals surface area contributed by atoms with E-state index in [-0.39, 0.29) is 18.3 Å². The van der Waals surface area contributed by atoms with E-state index in [4.69, 9.17) is 9.31 Å². The summed E-state index contributed by atoms with van der Waals surface area (Å²) in [5.74, 6) is 0.750. The zero-order valence-corrected chi connectivity index (χ0v) is 12.4. The minimum atomic E-state index is -0.370. The van der Waals surface area contributed by atoms with Gasteiger partial charge in [0.15, 0.2) is 0 Å². The molecule has 0 unspecified atom stereocenters. The van der Waals surface area contributed by atoms with Gasteiger partial charge in [0.2, 0.25) is 0 Å². The molecule has 18 heavy (non-hydrogen) atoms. The summed E-state index contributed by atoms with van der Waals surface area (Å²) in [6.07, 6.45) is 3.51. The first-order valence-electron chi connectivity index (χ1n) is 6.46. The van der Waals surface area contributed by atoms with Gasteiger partial charge in [-0.1, -0.05) is 13.8 Å². The third-order valence-corrected chi connectivity index (χ3v) is 3.33. The minimum absolute atomic E-state index is 0.317. The van der Waals surface area contributed by atoms with E-state index in [2.05, 4.69) is 9.97 Å². The van der Waals surface area contributed by atoms with Crippen LogP contribution in [-0.2, 0) is 9.31 Å². The summed E-state index contributed by atoms with van der Waals surface area (Å²) in [6, 6.07) is 0. The maximum Gasteiger partial charge on any atom is 0.498 e. The molecule has 1 aliphatic heterocycles. The van der Waals surface area contributed by atoms with Crippen molar-refractivity contribution in [3.63, 3.8) is 0 Å². The van der Waals surface area contributed by atoms with Crippen LogP contribution in [-0.4, -0.2) is 28.3 Å². The molecule has 0 aromatic carbocycles. The van der Waals surface area contributed by atoms with Crippen LogP contribution in [0.3, 0.4) is 0 Å². The minimum Gasteiger partial charge on any atom is -0.399 e. The van der Waals surface area contributed by atoms with Crippen LogP contribution in [0.5, 0.6) is 0 Å². The maximum absolute atomic E-state index is 5.89. The lowest BCUT2D eigenvalue weighted by Crippen LogP contribution is -2.41. The highest BCUT2D eigenvalue weighted by Gasteiger charge is 2.51. The second kappa shape index (κ2) is 5.37. The van der Waals surface area contributed by atoms with Crippen LogP contribution in [0.1, 0.15) is 47.4 Å². The molecule has 0 radical (unpaired) electrons. The summed E-state index contributed by atoms with van der Waals surface area (Å²) >= 11 is 0. The predicted molar refractivity (Wildman–Crippen MR) is 73.8 cm³/mol. The molecular formula is C13H23BN2O2. The number of hydrogen-bond acceptors (Lipinski definition) is 4. The van der Waals surface area contributed by atoms with E-state index in [1.807, 2.05) is 48.5 Å². The van der Waals surface area contributed by atoms with E-state index >= 15 is 0 Å². The van der Waals surface area contributed by atoms with Crippen LogP contribution < -0.4 is 5.46 Å². The Morgan fingerprint density at radius 3 is 1.72 bits per heavy atom. The summed E-state index contributed by atoms with van der Waals surface area (Å²) < 4.78 is 11.8. The molecule has 2 rings (SSSR count). The number of nitrogens with zero attached hydrogens (tertiary/aromatic N) is 2. The predicted octanol–water partition coefficient (Wildman–Crippen LogP) is 2.11. The Labute approximate surface area is 110 Å². The molecule has 1 saturated heterocycles. The van der Waals surface area contributed by atoms with Crippen LogP contribution in [0.4, 0.5) is 0 Å². The standard InChI is InChI=1S/C11H17BN2O2.C2H6/c1-8-13-6-9(7-14-8)12-15-10(2,3)11(4,5)16-12;1-2/h6-7H,1-5H3;1-2H3. The molecule has 1 fully saturated rings. The molecule has 0 aliphatic carbocycles. The molecule has 4 nitrogen and oxygen atoms in total. The molecule has 2 heterocycles. The van der Waals surface area contributed by atoms with Crippen LogP contribution in [0, 0.1) is 6.92 Å². The van der Waals surface area contributed by atoms with E-state index in [0.717, 1.165) is 11.3 Å². The molecular weight excluding hydrogens is 227 g/mol. The van der Waals surface area contributed by atoms with Crippen molar-refractivity contribution in [3.05, 3.63) is 18.2 Å². The van der Waals surface area contributed by atoms with Crippen molar-refractivity contribution in [2.75, 3.05) is 0 Å². The van der Waals surface area contributed by atoms with Crippen molar-refractivity contribution in [1.29, 1.82) is 0 Å². The first-order chi connectivity index (χ1) is 8.32. The summed E-state index contributed by atoms with van der Waals surface area (Å²) in [6.45, 7) is 14.0. The van der Waals surface area contributed by atoms with Crippen molar-refractivity contribution in [2.45, 2.75) is 59.7 Å². The highest BCUT2D eigenvalue weighted by molar-refractivity contribution is 6.61. The average Bonchev–Trinajstić information content (AvgIpc) is 2.52. The van der Waals surface area contributed by atoms with E-state index in [1.54, 1.807) is 12.4 Å². The van der Waals surface area contributed by atoms with Gasteiger partial charge in [0.25, 0.3) is 0 Å². The van der Waals surface area contributed by atoms with Crippen LogP contribution in [0.25, 0.3) is 0 Å². The van der Waals surface area contributed by atoms with Crippen molar-refractivity contribution >= 4 is 12.6 Å². The lowest BCUT2D eigenvalue weighted by molar-refractivity contribution is 0.00578. The quantitative estimate of drug-likeness (QED) is 0.716. The van der Waals surface area contributed by atoms with Crippen molar-refractivity contribution < 1.29 is 9.31 Å². The zero-order valence-electron chi connectivity index (χ0n) is 12.4. The number of hydrogen-bond donors (Lipinski definition) is 0. The fourth-order valence-corrected chi connectivity index (χ4v) is 1.50. The van der Waals surface area contributed by atoms with Gasteiger partial charge in [-0.2, -0.15) is 0 Å². The fourth-order valence-electron chi connectivity index (χ4n) is 1.50. The Hall–Kier alpha value is -0.935. The highest BCUT2D eigenvalue weighted by Crippen LogP contribution is 2.36. The lowest BCUT2D eigenvalue weighted by atomic mass is 9.81. The molecule has 0 amide bonds. The van der Waals surface area contributed by atoms with Crippen LogP contribution >= 0.6 is 0 Å². The molecule has 0 spiro atoms. The highest BCUT2D eigenvalue weighted by atomic mass is 16.7. The Kier molecular flexibility index (Phi) is 4.51. The van der Waals surface area contributed by atoms with Gasteiger partial charge in [-0.25, -0.2) is 9.97 Å². The van der Waals surface area contributed by atoms with Crippen LogP contribution in [0.2, 0.25) is 0 Å². The second-order valence-corrected chi connectivity index (χ2v) is 5.15. The fraction of sp³-hybridized carbons (Fsp3) is 0.692. The SMILES string of the molecule is CC.Cc1ncc(B2OC(C)(C)C(C)(C)O2)cn1. The van der Waals surface area contributed by atoms with E-state index < -0.39 is 0 Å². The third-order valence-electron chi connectivity index (χ3n) is 3.33. The average molecular weight is 250 g/mol. The Morgan fingerprint density at radius 2 is 1.33 bits per heavy atom. The Balaban J connectivity index is 0.000000771. The van der Waals surface area contributed by atoms with E-state index in [9.17, 15) is 0 Å². The van der Waals surface area contributed by atoms with Gasteiger partial charge in [-0.3, -0.25) is 0 Å². The first kappa shape index (κ1) is 15.1. The Bertz CT molecular complexity index is 374. The van der Waals surface area contributed by atoms with Gasteiger partial charge in [-0.05, 0) is 34.6 Å². The molecule has 100 valence electrons. The molecule has 1 aliphatic rings. The largest absolute Gasteiger partial charge is 0.498 e. The molecule has 5 heteroatoms. The summed E-state index contributed by atoms with van der Waals surface area (Å²) in [4.78, 5) is 8.30. The van der Waals surface area contributed by atoms with Crippen molar-refractivity contribution in [1.82, 2.24) is 9.97 Å². The molecule has 0 atom stereocenters. The van der Waals surface area contributed by atoms with Crippen molar-refractivity contribution in [3.8, 4) is 0 Å². The molecule has 0 N–H and O–H groups in total. The van der Waals surface area contributed by atoms with Crippen LogP contribution in [0.15, 0.2) is 12.4 Å². The van der Waals surface area contributed by atoms with Gasteiger partial charge < -0.3 is 9.31 Å². The normalized spacial score (nSPS) is 20.3. The monoisotopic (exact) mass is 250 g/mol. The molecule has 1 aromatic heterocycles. The number of rotatable bonds is 1. The second-order valence-electron chi connectivity index (χ2n) is 5.15. The van der Waals surface area contributed by atoms with Gasteiger partial charge in [0.05, 0.1) is 11.2 Å². The summed E-state index contributed by atoms with van der Waals surface area (Å²) in [5.41, 5.74) is 0.231. The molecule has 0 bridgehead atoms. The van der Waals surface area contributed by atoms with Gasteiger partial charge in [0.1, 0.15) is 5.82 Å². The van der Waals surface area contributed by atoms with Crippen molar-refractivity contribution in [2.24, 2.45) is 0 Å².